The van der Waals surface area contributed by atoms with Gasteiger partial charge in [0.15, 0.2) is 0 Å². The van der Waals surface area contributed by atoms with Crippen LogP contribution in [0.5, 0.6) is 5.75 Å². The number of nitrogens with two attached hydrogens (primary N) is 1. The van der Waals surface area contributed by atoms with Gasteiger partial charge in [0, 0.05) is 11.8 Å². The third kappa shape index (κ3) is 2.90. The first-order valence-electron chi connectivity index (χ1n) is 6.54. The van der Waals surface area contributed by atoms with Gasteiger partial charge in [-0.3, -0.25) is 9.59 Å². The maximum Gasteiger partial charge on any atom is 0.261 e. The SMILES string of the molecule is NC(=O)c1csc(C(=O)NCC2Cc3ccccc3O2)c1. The topological polar surface area (TPSA) is 81.4 Å². The zero-order valence-electron chi connectivity index (χ0n) is 11.2. The number of para-hydroxylation sites is 1. The van der Waals surface area contributed by atoms with E-state index < -0.39 is 5.91 Å². The fraction of sp³-hybridized carbons (Fsp3) is 0.200. The smallest absolute Gasteiger partial charge is 0.261 e. The quantitative estimate of drug-likeness (QED) is 0.899. The van der Waals surface area contributed by atoms with Crippen LogP contribution in [0.4, 0.5) is 0 Å². The molecule has 1 aliphatic rings. The van der Waals surface area contributed by atoms with Crippen molar-refractivity contribution >= 4 is 23.2 Å². The van der Waals surface area contributed by atoms with Gasteiger partial charge in [-0.15, -0.1) is 11.3 Å². The van der Waals surface area contributed by atoms with Gasteiger partial charge in [0.2, 0.25) is 5.91 Å². The molecule has 1 atom stereocenters. The lowest BCUT2D eigenvalue weighted by Gasteiger charge is -2.11. The molecule has 2 amide bonds. The Hall–Kier alpha value is -2.34. The van der Waals surface area contributed by atoms with Gasteiger partial charge in [0.1, 0.15) is 11.9 Å². The maximum atomic E-state index is 12.0. The van der Waals surface area contributed by atoms with Crippen LogP contribution in [0.2, 0.25) is 0 Å². The Labute approximate surface area is 125 Å². The third-order valence-electron chi connectivity index (χ3n) is 3.31. The molecule has 0 fully saturated rings. The van der Waals surface area contributed by atoms with E-state index in [2.05, 4.69) is 5.32 Å². The zero-order chi connectivity index (χ0) is 14.8. The first kappa shape index (κ1) is 13.6. The van der Waals surface area contributed by atoms with Crippen LogP contribution in [0.25, 0.3) is 0 Å². The Morgan fingerprint density at radius 1 is 1.38 bits per heavy atom. The molecule has 21 heavy (non-hydrogen) atoms. The Kier molecular flexibility index (Phi) is 3.62. The minimum atomic E-state index is -0.528. The highest BCUT2D eigenvalue weighted by atomic mass is 32.1. The zero-order valence-corrected chi connectivity index (χ0v) is 12.0. The van der Waals surface area contributed by atoms with E-state index in [1.54, 1.807) is 5.38 Å². The van der Waals surface area contributed by atoms with Gasteiger partial charge in [0.25, 0.3) is 5.91 Å². The number of hydrogen-bond acceptors (Lipinski definition) is 4. The number of nitrogens with one attached hydrogen (secondary N) is 1. The number of amides is 2. The van der Waals surface area contributed by atoms with Crippen molar-refractivity contribution in [1.82, 2.24) is 5.32 Å². The van der Waals surface area contributed by atoms with Crippen molar-refractivity contribution in [2.75, 3.05) is 6.54 Å². The first-order valence-corrected chi connectivity index (χ1v) is 7.42. The van der Waals surface area contributed by atoms with Crippen molar-refractivity contribution < 1.29 is 14.3 Å². The molecule has 0 saturated heterocycles. The van der Waals surface area contributed by atoms with Gasteiger partial charge in [-0.25, -0.2) is 0 Å². The summed E-state index contributed by atoms with van der Waals surface area (Å²) in [4.78, 5) is 23.5. The van der Waals surface area contributed by atoms with E-state index in [0.717, 1.165) is 17.7 Å². The van der Waals surface area contributed by atoms with Gasteiger partial charge in [-0.05, 0) is 17.7 Å². The van der Waals surface area contributed by atoms with Crippen LogP contribution in [-0.4, -0.2) is 24.5 Å². The monoisotopic (exact) mass is 302 g/mol. The standard InChI is InChI=1S/C15H14N2O3S/c16-14(18)10-6-13(21-8-10)15(19)17-7-11-5-9-3-1-2-4-12(9)20-11/h1-4,6,8,11H,5,7H2,(H2,16,18)(H,17,19). The summed E-state index contributed by atoms with van der Waals surface area (Å²) in [6, 6.07) is 9.36. The predicted molar refractivity (Wildman–Crippen MR) is 79.7 cm³/mol. The lowest BCUT2D eigenvalue weighted by molar-refractivity contribution is 0.0937. The van der Waals surface area contributed by atoms with Crippen LogP contribution < -0.4 is 15.8 Å². The normalized spacial score (nSPS) is 16.1. The Morgan fingerprint density at radius 2 is 2.19 bits per heavy atom. The molecule has 5 nitrogen and oxygen atoms in total. The highest BCUT2D eigenvalue weighted by Crippen LogP contribution is 2.27. The molecule has 2 aromatic rings. The van der Waals surface area contributed by atoms with Crippen LogP contribution in [0, 0.1) is 0 Å². The molecule has 3 rings (SSSR count). The molecule has 0 radical (unpaired) electrons. The van der Waals surface area contributed by atoms with Crippen LogP contribution >= 0.6 is 11.3 Å². The van der Waals surface area contributed by atoms with E-state index in [0.29, 0.717) is 17.0 Å². The van der Waals surface area contributed by atoms with Gasteiger partial charge in [-0.1, -0.05) is 18.2 Å². The molecule has 0 saturated carbocycles. The Morgan fingerprint density at radius 3 is 2.90 bits per heavy atom. The van der Waals surface area contributed by atoms with Gasteiger partial charge in [0.05, 0.1) is 17.0 Å². The van der Waals surface area contributed by atoms with Gasteiger partial charge in [-0.2, -0.15) is 0 Å². The molecule has 1 unspecified atom stereocenters. The van der Waals surface area contributed by atoms with Gasteiger partial charge < -0.3 is 15.8 Å². The summed E-state index contributed by atoms with van der Waals surface area (Å²) in [6.45, 7) is 0.428. The summed E-state index contributed by atoms with van der Waals surface area (Å²) in [5.74, 6) is 0.135. The molecule has 0 bridgehead atoms. The number of rotatable bonds is 4. The molecule has 0 aliphatic carbocycles. The van der Waals surface area contributed by atoms with E-state index in [4.69, 9.17) is 10.5 Å². The minimum absolute atomic E-state index is 0.0538. The van der Waals surface area contributed by atoms with Crippen molar-refractivity contribution in [3.05, 3.63) is 51.7 Å². The lowest BCUT2D eigenvalue weighted by Crippen LogP contribution is -2.34. The number of hydrogen-bond donors (Lipinski definition) is 2. The molecule has 1 aliphatic heterocycles. The predicted octanol–water partition coefficient (Wildman–Crippen LogP) is 1.58. The molecule has 6 heteroatoms. The average molecular weight is 302 g/mol. The van der Waals surface area contributed by atoms with Gasteiger partial charge >= 0.3 is 0 Å². The molecule has 2 heterocycles. The van der Waals surface area contributed by atoms with Crippen LogP contribution in [0.15, 0.2) is 35.7 Å². The minimum Gasteiger partial charge on any atom is -0.488 e. The number of primary amides is 1. The number of ether oxygens (including phenoxy) is 1. The van der Waals surface area contributed by atoms with E-state index in [1.807, 2.05) is 24.3 Å². The molecular weight excluding hydrogens is 288 g/mol. The second kappa shape index (κ2) is 5.57. The summed E-state index contributed by atoms with van der Waals surface area (Å²) in [5, 5.41) is 4.40. The summed E-state index contributed by atoms with van der Waals surface area (Å²) in [7, 11) is 0. The fourth-order valence-corrected chi connectivity index (χ4v) is 3.06. The molecule has 1 aromatic carbocycles. The molecular formula is C15H14N2O3S. The van der Waals surface area contributed by atoms with E-state index in [9.17, 15) is 9.59 Å². The highest BCUT2D eigenvalue weighted by Gasteiger charge is 2.23. The third-order valence-corrected chi connectivity index (χ3v) is 4.24. The number of benzene rings is 1. The fourth-order valence-electron chi connectivity index (χ4n) is 2.25. The lowest BCUT2D eigenvalue weighted by atomic mass is 10.1. The average Bonchev–Trinajstić information content (AvgIpc) is 3.11. The van der Waals surface area contributed by atoms with Crippen LogP contribution in [0.1, 0.15) is 25.6 Å². The maximum absolute atomic E-state index is 12.0. The Balaban J connectivity index is 1.56. The van der Waals surface area contributed by atoms with Crippen molar-refractivity contribution in [2.45, 2.75) is 12.5 Å². The Bertz CT molecular complexity index is 671. The molecule has 0 spiro atoms. The van der Waals surface area contributed by atoms with Crippen molar-refractivity contribution in [3.63, 3.8) is 0 Å². The second-order valence-corrected chi connectivity index (χ2v) is 5.74. The second-order valence-electron chi connectivity index (χ2n) is 4.83. The van der Waals surface area contributed by atoms with Crippen molar-refractivity contribution in [3.8, 4) is 5.75 Å². The number of fused-ring (bicyclic) bond motifs is 1. The molecule has 3 N–H and O–H groups in total. The summed E-state index contributed by atoms with van der Waals surface area (Å²) >= 11 is 1.20. The first-order chi connectivity index (χ1) is 10.1. The number of carbonyl (C=O) groups is 2. The largest absolute Gasteiger partial charge is 0.488 e. The van der Waals surface area contributed by atoms with Crippen molar-refractivity contribution in [2.24, 2.45) is 5.73 Å². The summed E-state index contributed by atoms with van der Waals surface area (Å²) in [5.41, 5.74) is 6.68. The van der Waals surface area contributed by atoms with Crippen LogP contribution in [0.3, 0.4) is 0 Å². The van der Waals surface area contributed by atoms with E-state index in [-0.39, 0.29) is 12.0 Å². The van der Waals surface area contributed by atoms with Crippen molar-refractivity contribution in [1.29, 1.82) is 0 Å². The van der Waals surface area contributed by atoms with E-state index in [1.165, 1.54) is 17.4 Å². The van der Waals surface area contributed by atoms with Crippen LogP contribution in [-0.2, 0) is 6.42 Å². The molecule has 108 valence electrons. The highest BCUT2D eigenvalue weighted by molar-refractivity contribution is 7.12. The number of thiophene rings is 1. The molecule has 1 aromatic heterocycles. The van der Waals surface area contributed by atoms with E-state index >= 15 is 0 Å². The number of carbonyl (C=O) groups excluding carboxylic acids is 2. The summed E-state index contributed by atoms with van der Waals surface area (Å²) < 4.78 is 5.75. The summed E-state index contributed by atoms with van der Waals surface area (Å²) in [6.07, 6.45) is 0.731.